The fourth-order valence-electron chi connectivity index (χ4n) is 2.42. The Labute approximate surface area is 137 Å². The van der Waals surface area contributed by atoms with E-state index in [1.807, 2.05) is 0 Å². The van der Waals surface area contributed by atoms with Crippen molar-refractivity contribution in [2.75, 3.05) is 7.11 Å². The fourth-order valence-corrected chi connectivity index (χ4v) is 2.42. The maximum atomic E-state index is 14.5. The summed E-state index contributed by atoms with van der Waals surface area (Å²) in [5.41, 5.74) is 1.05. The van der Waals surface area contributed by atoms with E-state index in [0.29, 0.717) is 17.0 Å². The van der Waals surface area contributed by atoms with E-state index in [2.05, 4.69) is 4.98 Å². The van der Waals surface area contributed by atoms with Gasteiger partial charge in [0.15, 0.2) is 0 Å². The molecule has 0 amide bonds. The predicted molar refractivity (Wildman–Crippen MR) is 84.9 cm³/mol. The molecule has 6 heteroatoms. The van der Waals surface area contributed by atoms with Crippen LogP contribution in [-0.2, 0) is 0 Å². The van der Waals surface area contributed by atoms with E-state index in [1.165, 1.54) is 16.7 Å². The molecule has 0 radical (unpaired) electrons. The Kier molecular flexibility index (Phi) is 4.00. The molecule has 3 aromatic rings. The van der Waals surface area contributed by atoms with E-state index >= 15 is 0 Å². The Morgan fingerprint density at radius 2 is 1.83 bits per heavy atom. The molecule has 0 fully saturated rings. The topological polar surface area (TPSA) is 50.8 Å². The summed E-state index contributed by atoms with van der Waals surface area (Å²) < 4.78 is 34.9. The number of hydrogen-bond acceptors (Lipinski definition) is 3. The Morgan fingerprint density at radius 1 is 1.12 bits per heavy atom. The van der Waals surface area contributed by atoms with Gasteiger partial charge in [-0.05, 0) is 49.4 Å². The maximum absolute atomic E-state index is 14.5. The molecule has 1 aromatic heterocycles. The molecular weight excluding hydrogens is 312 g/mol. The number of ether oxygens (including phenoxy) is 1. The molecule has 1 heterocycles. The van der Waals surface area contributed by atoms with Crippen LogP contribution in [-0.4, -0.2) is 16.7 Å². The number of aryl methyl sites for hydroxylation is 1. The second kappa shape index (κ2) is 6.13. The summed E-state index contributed by atoms with van der Waals surface area (Å²) in [5, 5.41) is 8.83. The predicted octanol–water partition coefficient (Wildman–Crippen LogP) is 4.01. The highest BCUT2D eigenvalue weighted by molar-refractivity contribution is 5.61. The van der Waals surface area contributed by atoms with Gasteiger partial charge in [-0.2, -0.15) is 9.65 Å². The maximum Gasteiger partial charge on any atom is 0.221 e. The van der Waals surface area contributed by atoms with E-state index in [-0.39, 0.29) is 17.1 Å². The molecule has 0 saturated heterocycles. The van der Waals surface area contributed by atoms with Gasteiger partial charge in [-0.15, -0.1) is 0 Å². The summed E-state index contributed by atoms with van der Waals surface area (Å²) in [6, 6.07) is 12.6. The zero-order valence-corrected chi connectivity index (χ0v) is 13.0. The number of nitriles is 1. The largest absolute Gasteiger partial charge is 0.497 e. The number of benzene rings is 2. The summed E-state index contributed by atoms with van der Waals surface area (Å²) in [5.74, 6) is -0.294. The number of halogens is 2. The van der Waals surface area contributed by atoms with Gasteiger partial charge in [-0.25, -0.2) is 9.37 Å². The lowest BCUT2D eigenvalue weighted by atomic mass is 10.1. The molecule has 0 aliphatic heterocycles. The van der Waals surface area contributed by atoms with Crippen molar-refractivity contribution >= 4 is 0 Å². The number of nitrogens with zero attached hydrogens (tertiary/aromatic N) is 3. The Morgan fingerprint density at radius 3 is 2.42 bits per heavy atom. The van der Waals surface area contributed by atoms with Gasteiger partial charge in [0.25, 0.3) is 0 Å². The quantitative estimate of drug-likeness (QED) is 0.731. The smallest absolute Gasteiger partial charge is 0.221 e. The molecule has 4 nitrogen and oxygen atoms in total. The third kappa shape index (κ3) is 2.61. The highest BCUT2D eigenvalue weighted by Crippen LogP contribution is 2.27. The molecule has 2 aromatic carbocycles. The van der Waals surface area contributed by atoms with Gasteiger partial charge in [-0.3, -0.25) is 4.57 Å². The molecule has 0 unspecified atom stereocenters. The van der Waals surface area contributed by atoms with Crippen LogP contribution in [0.1, 0.15) is 11.3 Å². The van der Waals surface area contributed by atoms with Gasteiger partial charge in [0.1, 0.15) is 23.5 Å². The average molecular weight is 325 g/mol. The minimum atomic E-state index is -0.669. The molecule has 0 aliphatic rings. The summed E-state index contributed by atoms with van der Waals surface area (Å²) in [6.07, 6.45) is 0. The van der Waals surface area contributed by atoms with E-state index in [4.69, 9.17) is 10.00 Å². The molecule has 0 spiro atoms. The minimum Gasteiger partial charge on any atom is -0.497 e. The molecule has 0 aliphatic carbocycles. The van der Waals surface area contributed by atoms with Gasteiger partial charge < -0.3 is 4.74 Å². The molecule has 24 heavy (non-hydrogen) atoms. The lowest BCUT2D eigenvalue weighted by Crippen LogP contribution is -2.01. The van der Waals surface area contributed by atoms with Crippen molar-refractivity contribution in [3.63, 3.8) is 0 Å². The molecular formula is C18H13F2N3O. The van der Waals surface area contributed by atoms with E-state index < -0.39 is 11.8 Å². The van der Waals surface area contributed by atoms with Gasteiger partial charge >= 0.3 is 0 Å². The van der Waals surface area contributed by atoms with Crippen LogP contribution in [0.25, 0.3) is 17.1 Å². The summed E-state index contributed by atoms with van der Waals surface area (Å²) in [7, 11) is 1.54. The van der Waals surface area contributed by atoms with Crippen LogP contribution < -0.4 is 4.74 Å². The van der Waals surface area contributed by atoms with Gasteiger partial charge in [-0.1, -0.05) is 0 Å². The Bertz CT molecular complexity index is 940. The lowest BCUT2D eigenvalue weighted by molar-refractivity contribution is 0.414. The summed E-state index contributed by atoms with van der Waals surface area (Å²) in [4.78, 5) is 4.20. The van der Waals surface area contributed by atoms with Crippen molar-refractivity contribution < 1.29 is 13.5 Å². The van der Waals surface area contributed by atoms with Crippen molar-refractivity contribution in [1.29, 1.82) is 5.26 Å². The number of rotatable bonds is 3. The lowest BCUT2D eigenvalue weighted by Gasteiger charge is -2.10. The SMILES string of the molecule is COc1ccc(-n2c(-c3ccc(C#N)c(F)c3)nc(C)c2F)cc1. The molecule has 0 N–H and O–H groups in total. The molecule has 0 atom stereocenters. The van der Waals surface area contributed by atoms with Crippen LogP contribution in [0.4, 0.5) is 8.78 Å². The standard InChI is InChI=1S/C18H13F2N3O/c1-11-17(20)23(14-5-7-15(24-2)8-6-14)18(22-11)12-3-4-13(10-21)16(19)9-12/h3-9H,1-2H3. The number of methoxy groups -OCH3 is 1. The van der Waals surface area contributed by atoms with Gasteiger partial charge in [0, 0.05) is 5.56 Å². The van der Waals surface area contributed by atoms with Crippen LogP contribution in [0.5, 0.6) is 5.75 Å². The minimum absolute atomic E-state index is 0.0708. The summed E-state index contributed by atoms with van der Waals surface area (Å²) >= 11 is 0. The first-order chi connectivity index (χ1) is 11.5. The van der Waals surface area contributed by atoms with Crippen LogP contribution in [0, 0.1) is 30.0 Å². The number of aromatic nitrogens is 2. The van der Waals surface area contributed by atoms with Crippen LogP contribution >= 0.6 is 0 Å². The first kappa shape index (κ1) is 15.7. The van der Waals surface area contributed by atoms with E-state index in [1.54, 1.807) is 50.4 Å². The summed E-state index contributed by atoms with van der Waals surface area (Å²) in [6.45, 7) is 1.54. The fraction of sp³-hybridized carbons (Fsp3) is 0.111. The zero-order valence-electron chi connectivity index (χ0n) is 13.0. The number of hydrogen-bond donors (Lipinski definition) is 0. The Hall–Kier alpha value is -3.20. The first-order valence-corrected chi connectivity index (χ1v) is 7.14. The monoisotopic (exact) mass is 325 g/mol. The second-order valence-corrected chi connectivity index (χ2v) is 5.15. The molecule has 120 valence electrons. The first-order valence-electron chi connectivity index (χ1n) is 7.14. The van der Waals surface area contributed by atoms with Crippen molar-refractivity contribution in [1.82, 2.24) is 9.55 Å². The highest BCUT2D eigenvalue weighted by atomic mass is 19.1. The highest BCUT2D eigenvalue weighted by Gasteiger charge is 2.18. The van der Waals surface area contributed by atoms with Crippen LogP contribution in [0.3, 0.4) is 0 Å². The van der Waals surface area contributed by atoms with Crippen LogP contribution in [0.15, 0.2) is 42.5 Å². The Balaban J connectivity index is 2.17. The normalized spacial score (nSPS) is 10.5. The van der Waals surface area contributed by atoms with Gasteiger partial charge in [0.2, 0.25) is 5.95 Å². The van der Waals surface area contributed by atoms with E-state index in [9.17, 15) is 8.78 Å². The molecule has 0 bridgehead atoms. The van der Waals surface area contributed by atoms with Crippen molar-refractivity contribution in [3.8, 4) is 28.9 Å². The number of imidazole rings is 1. The third-order valence-corrected chi connectivity index (χ3v) is 3.66. The van der Waals surface area contributed by atoms with Gasteiger partial charge in [0.05, 0.1) is 24.1 Å². The van der Waals surface area contributed by atoms with Crippen molar-refractivity contribution in [3.05, 3.63) is 65.5 Å². The van der Waals surface area contributed by atoms with Crippen molar-refractivity contribution in [2.45, 2.75) is 6.92 Å². The van der Waals surface area contributed by atoms with Crippen LogP contribution in [0.2, 0.25) is 0 Å². The molecule has 0 saturated carbocycles. The average Bonchev–Trinajstić information content (AvgIpc) is 2.90. The zero-order chi connectivity index (χ0) is 17.3. The van der Waals surface area contributed by atoms with E-state index in [0.717, 1.165) is 0 Å². The second-order valence-electron chi connectivity index (χ2n) is 5.15. The molecule has 3 rings (SSSR count). The van der Waals surface area contributed by atoms with Crippen molar-refractivity contribution in [2.24, 2.45) is 0 Å². The third-order valence-electron chi connectivity index (χ3n) is 3.66.